The SMILES string of the molecule is CC(C)Cn1[c]nc2c(Cl)cccc21. The van der Waals surface area contributed by atoms with Gasteiger partial charge in [-0.15, -0.1) is 0 Å². The summed E-state index contributed by atoms with van der Waals surface area (Å²) in [5.41, 5.74) is 1.90. The van der Waals surface area contributed by atoms with E-state index in [2.05, 4.69) is 25.2 Å². The largest absolute Gasteiger partial charge is 0.321 e. The number of imidazole rings is 1. The van der Waals surface area contributed by atoms with Gasteiger partial charge >= 0.3 is 0 Å². The van der Waals surface area contributed by atoms with Crippen LogP contribution in [0.25, 0.3) is 11.0 Å². The molecule has 0 aliphatic rings. The second-order valence-corrected chi connectivity index (χ2v) is 4.23. The first-order valence-electron chi connectivity index (χ1n) is 4.71. The molecule has 0 unspecified atom stereocenters. The molecular formula is C11H12ClN2. The molecule has 2 aromatic rings. The fourth-order valence-corrected chi connectivity index (χ4v) is 1.71. The Morgan fingerprint density at radius 3 is 3.00 bits per heavy atom. The quantitative estimate of drug-likeness (QED) is 0.740. The molecular weight excluding hydrogens is 196 g/mol. The van der Waals surface area contributed by atoms with Gasteiger partial charge in [0.25, 0.3) is 0 Å². The zero-order valence-corrected chi connectivity index (χ0v) is 9.04. The van der Waals surface area contributed by atoms with Gasteiger partial charge < -0.3 is 4.57 Å². The van der Waals surface area contributed by atoms with E-state index in [0.29, 0.717) is 10.9 Å². The second-order valence-electron chi connectivity index (χ2n) is 3.82. The minimum Gasteiger partial charge on any atom is -0.321 e. The topological polar surface area (TPSA) is 17.8 Å². The van der Waals surface area contributed by atoms with Crippen molar-refractivity contribution >= 4 is 22.6 Å². The molecule has 0 bridgehead atoms. The van der Waals surface area contributed by atoms with Gasteiger partial charge in [0, 0.05) is 6.54 Å². The molecule has 14 heavy (non-hydrogen) atoms. The maximum Gasteiger partial charge on any atom is 0.177 e. The summed E-state index contributed by atoms with van der Waals surface area (Å²) in [5, 5.41) is 0.696. The lowest BCUT2D eigenvalue weighted by atomic mass is 10.2. The van der Waals surface area contributed by atoms with E-state index in [0.717, 1.165) is 17.6 Å². The monoisotopic (exact) mass is 207 g/mol. The minimum absolute atomic E-state index is 0.586. The summed E-state index contributed by atoms with van der Waals surface area (Å²) in [7, 11) is 0. The highest BCUT2D eigenvalue weighted by Crippen LogP contribution is 2.21. The van der Waals surface area contributed by atoms with Gasteiger partial charge in [-0.3, -0.25) is 0 Å². The van der Waals surface area contributed by atoms with Crippen LogP contribution in [-0.2, 0) is 6.54 Å². The highest BCUT2D eigenvalue weighted by atomic mass is 35.5. The van der Waals surface area contributed by atoms with E-state index >= 15 is 0 Å². The third-order valence-electron chi connectivity index (χ3n) is 2.09. The number of hydrogen-bond donors (Lipinski definition) is 0. The predicted octanol–water partition coefficient (Wildman–Crippen LogP) is 3.15. The van der Waals surface area contributed by atoms with E-state index < -0.39 is 0 Å². The Hall–Kier alpha value is -1.02. The highest BCUT2D eigenvalue weighted by Gasteiger charge is 2.06. The van der Waals surface area contributed by atoms with Crippen molar-refractivity contribution in [2.24, 2.45) is 5.92 Å². The molecule has 0 atom stereocenters. The Morgan fingerprint density at radius 1 is 1.50 bits per heavy atom. The lowest BCUT2D eigenvalue weighted by Crippen LogP contribution is -2.02. The maximum absolute atomic E-state index is 6.01. The third-order valence-corrected chi connectivity index (χ3v) is 2.39. The van der Waals surface area contributed by atoms with Gasteiger partial charge in [0.05, 0.1) is 10.5 Å². The van der Waals surface area contributed by atoms with Crippen LogP contribution in [0.15, 0.2) is 18.2 Å². The van der Waals surface area contributed by atoms with Crippen LogP contribution in [0, 0.1) is 12.2 Å². The lowest BCUT2D eigenvalue weighted by molar-refractivity contribution is 0.530. The Balaban J connectivity index is 2.52. The number of hydrogen-bond acceptors (Lipinski definition) is 1. The van der Waals surface area contributed by atoms with E-state index in [1.165, 1.54) is 0 Å². The van der Waals surface area contributed by atoms with Crippen molar-refractivity contribution in [3.8, 4) is 0 Å². The molecule has 1 radical (unpaired) electrons. The van der Waals surface area contributed by atoms with Crippen LogP contribution < -0.4 is 0 Å². The molecule has 0 fully saturated rings. The second kappa shape index (κ2) is 3.62. The fourth-order valence-electron chi connectivity index (χ4n) is 1.50. The third kappa shape index (κ3) is 1.62. The van der Waals surface area contributed by atoms with Gasteiger partial charge in [-0.05, 0) is 18.1 Å². The molecule has 3 heteroatoms. The predicted molar refractivity (Wildman–Crippen MR) is 58.4 cm³/mol. The Morgan fingerprint density at radius 2 is 2.29 bits per heavy atom. The number of para-hydroxylation sites is 1. The Bertz CT molecular complexity index is 445. The summed E-state index contributed by atoms with van der Waals surface area (Å²) >= 11 is 6.01. The van der Waals surface area contributed by atoms with Gasteiger partial charge in [-0.25, -0.2) is 4.98 Å². The van der Waals surface area contributed by atoms with Crippen molar-refractivity contribution in [1.29, 1.82) is 0 Å². The van der Waals surface area contributed by atoms with Gasteiger partial charge in [-0.1, -0.05) is 31.5 Å². The molecule has 1 aromatic carbocycles. The summed E-state index contributed by atoms with van der Waals surface area (Å²) in [6.07, 6.45) is 2.97. The Labute approximate surface area is 88.5 Å². The first kappa shape index (κ1) is 9.53. The van der Waals surface area contributed by atoms with Crippen molar-refractivity contribution in [2.75, 3.05) is 0 Å². The first-order valence-corrected chi connectivity index (χ1v) is 5.08. The standard InChI is InChI=1S/C11H12ClN2/c1-8(2)6-14-7-13-11-9(12)4-3-5-10(11)14/h3-5,8H,6H2,1-2H3. The van der Waals surface area contributed by atoms with Crippen LogP contribution in [-0.4, -0.2) is 9.55 Å². The van der Waals surface area contributed by atoms with Crippen molar-refractivity contribution in [3.63, 3.8) is 0 Å². The molecule has 0 aliphatic carbocycles. The number of benzene rings is 1. The molecule has 0 amide bonds. The number of fused-ring (bicyclic) bond motifs is 1. The molecule has 1 aromatic heterocycles. The van der Waals surface area contributed by atoms with E-state index in [4.69, 9.17) is 11.6 Å². The number of nitrogens with zero attached hydrogens (tertiary/aromatic N) is 2. The van der Waals surface area contributed by atoms with Gasteiger partial charge in [-0.2, -0.15) is 0 Å². The maximum atomic E-state index is 6.01. The normalized spacial score (nSPS) is 11.4. The van der Waals surface area contributed by atoms with Gasteiger partial charge in [0.1, 0.15) is 5.52 Å². The van der Waals surface area contributed by atoms with Crippen LogP contribution in [0.3, 0.4) is 0 Å². The molecule has 2 rings (SSSR count). The lowest BCUT2D eigenvalue weighted by Gasteiger charge is -2.06. The summed E-state index contributed by atoms with van der Waals surface area (Å²) < 4.78 is 2.02. The molecule has 1 heterocycles. The Kier molecular flexibility index (Phi) is 2.46. The summed E-state index contributed by atoms with van der Waals surface area (Å²) in [6, 6.07) is 5.81. The number of halogens is 1. The summed E-state index contributed by atoms with van der Waals surface area (Å²) in [6.45, 7) is 5.27. The molecule has 0 N–H and O–H groups in total. The van der Waals surface area contributed by atoms with E-state index in [1.807, 2.05) is 22.8 Å². The fraction of sp³-hybridized carbons (Fsp3) is 0.364. The summed E-state index contributed by atoms with van der Waals surface area (Å²) in [4.78, 5) is 4.18. The van der Waals surface area contributed by atoms with E-state index in [9.17, 15) is 0 Å². The van der Waals surface area contributed by atoms with Crippen LogP contribution in [0.1, 0.15) is 13.8 Å². The van der Waals surface area contributed by atoms with Crippen molar-refractivity contribution in [3.05, 3.63) is 29.5 Å². The minimum atomic E-state index is 0.586. The van der Waals surface area contributed by atoms with Crippen LogP contribution >= 0.6 is 11.6 Å². The zero-order valence-electron chi connectivity index (χ0n) is 8.29. The van der Waals surface area contributed by atoms with Crippen LogP contribution in [0.2, 0.25) is 5.02 Å². The first-order chi connectivity index (χ1) is 6.68. The van der Waals surface area contributed by atoms with Gasteiger partial charge in [0.2, 0.25) is 0 Å². The van der Waals surface area contributed by atoms with E-state index in [-0.39, 0.29) is 0 Å². The zero-order chi connectivity index (χ0) is 10.1. The van der Waals surface area contributed by atoms with Crippen LogP contribution in [0.5, 0.6) is 0 Å². The van der Waals surface area contributed by atoms with Gasteiger partial charge in [0.15, 0.2) is 6.33 Å². The summed E-state index contributed by atoms with van der Waals surface area (Å²) in [5.74, 6) is 0.586. The van der Waals surface area contributed by atoms with Crippen molar-refractivity contribution < 1.29 is 0 Å². The molecule has 2 nitrogen and oxygen atoms in total. The molecule has 0 saturated carbocycles. The average Bonchev–Trinajstić information content (AvgIpc) is 2.49. The van der Waals surface area contributed by atoms with E-state index in [1.54, 1.807) is 0 Å². The molecule has 0 saturated heterocycles. The van der Waals surface area contributed by atoms with Crippen LogP contribution in [0.4, 0.5) is 0 Å². The molecule has 73 valence electrons. The highest BCUT2D eigenvalue weighted by molar-refractivity contribution is 6.34. The average molecular weight is 208 g/mol. The number of aromatic nitrogens is 2. The molecule has 0 aliphatic heterocycles. The van der Waals surface area contributed by atoms with Crippen molar-refractivity contribution in [1.82, 2.24) is 9.55 Å². The molecule has 0 spiro atoms. The van der Waals surface area contributed by atoms with Crippen molar-refractivity contribution in [2.45, 2.75) is 20.4 Å². The number of rotatable bonds is 2. The smallest absolute Gasteiger partial charge is 0.177 e.